The predicted molar refractivity (Wildman–Crippen MR) is 105 cm³/mol. The second kappa shape index (κ2) is 6.32. The third-order valence-electron chi connectivity index (χ3n) is 5.05. The van der Waals surface area contributed by atoms with Crippen LogP contribution in [0.25, 0.3) is 10.8 Å². The number of anilines is 1. The van der Waals surface area contributed by atoms with E-state index in [1.807, 2.05) is 59.5 Å². The topological polar surface area (TPSA) is 45.5 Å². The zero-order valence-corrected chi connectivity index (χ0v) is 14.6. The first-order valence-electron chi connectivity index (χ1n) is 8.98. The van der Waals surface area contributed by atoms with Crippen LogP contribution in [0.3, 0.4) is 0 Å². The summed E-state index contributed by atoms with van der Waals surface area (Å²) in [6.45, 7) is 0.404. The van der Waals surface area contributed by atoms with Gasteiger partial charge in [0.05, 0.1) is 18.4 Å². The maximum absolute atomic E-state index is 13.3. The van der Waals surface area contributed by atoms with Crippen molar-refractivity contribution in [2.45, 2.75) is 12.7 Å². The van der Waals surface area contributed by atoms with Crippen molar-refractivity contribution in [3.63, 3.8) is 0 Å². The van der Waals surface area contributed by atoms with Crippen LogP contribution in [0.4, 0.5) is 5.69 Å². The Morgan fingerprint density at radius 2 is 1.70 bits per heavy atom. The summed E-state index contributed by atoms with van der Waals surface area (Å²) in [6, 6.07) is 25.9. The van der Waals surface area contributed by atoms with E-state index in [0.29, 0.717) is 12.1 Å². The summed E-state index contributed by atoms with van der Waals surface area (Å²) < 4.78 is 5.52. The van der Waals surface area contributed by atoms with Gasteiger partial charge in [-0.15, -0.1) is 0 Å². The maximum atomic E-state index is 13.3. The highest BCUT2D eigenvalue weighted by molar-refractivity contribution is 6.02. The van der Waals surface area contributed by atoms with E-state index in [9.17, 15) is 4.79 Å². The van der Waals surface area contributed by atoms with Gasteiger partial charge >= 0.3 is 0 Å². The second-order valence-electron chi connectivity index (χ2n) is 6.67. The molecule has 4 heteroatoms. The Morgan fingerprint density at radius 3 is 2.59 bits per heavy atom. The van der Waals surface area contributed by atoms with Crippen molar-refractivity contribution < 1.29 is 9.21 Å². The molecular weight excluding hydrogens is 336 g/mol. The third kappa shape index (κ3) is 2.66. The molecule has 1 aliphatic rings. The lowest BCUT2D eigenvalue weighted by Crippen LogP contribution is -2.42. The molecule has 1 amide bonds. The Morgan fingerprint density at radius 1 is 0.889 bits per heavy atom. The molecule has 1 atom stereocenters. The Kier molecular flexibility index (Phi) is 3.68. The molecule has 0 saturated carbocycles. The molecule has 0 aliphatic carbocycles. The molecular formula is C23H18N2O2. The van der Waals surface area contributed by atoms with Gasteiger partial charge in [-0.2, -0.15) is 0 Å². The van der Waals surface area contributed by atoms with E-state index in [1.54, 1.807) is 6.26 Å². The molecule has 1 N–H and O–H groups in total. The highest BCUT2D eigenvalue weighted by Crippen LogP contribution is 2.36. The molecule has 5 rings (SSSR count). The molecule has 4 aromatic rings. The van der Waals surface area contributed by atoms with E-state index < -0.39 is 0 Å². The summed E-state index contributed by atoms with van der Waals surface area (Å²) in [7, 11) is 0. The van der Waals surface area contributed by atoms with Crippen molar-refractivity contribution >= 4 is 22.4 Å². The van der Waals surface area contributed by atoms with Gasteiger partial charge < -0.3 is 14.6 Å². The van der Waals surface area contributed by atoms with Crippen LogP contribution >= 0.6 is 0 Å². The standard InChI is InChI=1S/C23H18N2O2/c26-23-20-11-3-4-13-21(20)24-22(25(23)15-17-9-6-14-27-17)19-12-5-8-16-7-1-2-10-18(16)19/h1-14,22,24H,15H2. The van der Waals surface area contributed by atoms with Gasteiger partial charge in [-0.05, 0) is 35.0 Å². The van der Waals surface area contributed by atoms with Crippen molar-refractivity contribution in [1.29, 1.82) is 0 Å². The molecule has 2 heterocycles. The van der Waals surface area contributed by atoms with Gasteiger partial charge in [0.1, 0.15) is 11.9 Å². The van der Waals surface area contributed by atoms with Gasteiger partial charge in [-0.3, -0.25) is 4.79 Å². The highest BCUT2D eigenvalue weighted by atomic mass is 16.3. The van der Waals surface area contributed by atoms with Crippen LogP contribution in [-0.4, -0.2) is 10.8 Å². The predicted octanol–water partition coefficient (Wildman–Crippen LogP) is 5.20. The molecule has 1 aliphatic heterocycles. The zero-order chi connectivity index (χ0) is 18.2. The van der Waals surface area contributed by atoms with Crippen LogP contribution in [0.5, 0.6) is 0 Å². The van der Waals surface area contributed by atoms with Crippen LogP contribution in [-0.2, 0) is 6.54 Å². The average Bonchev–Trinajstić information content (AvgIpc) is 3.23. The first-order valence-corrected chi connectivity index (χ1v) is 8.98. The number of furan rings is 1. The molecule has 27 heavy (non-hydrogen) atoms. The monoisotopic (exact) mass is 354 g/mol. The van der Waals surface area contributed by atoms with E-state index >= 15 is 0 Å². The van der Waals surface area contributed by atoms with E-state index in [1.165, 1.54) is 0 Å². The van der Waals surface area contributed by atoms with E-state index in [2.05, 4.69) is 29.6 Å². The molecule has 3 aromatic carbocycles. The normalized spacial score (nSPS) is 16.2. The van der Waals surface area contributed by atoms with Crippen LogP contribution in [0, 0.1) is 0 Å². The van der Waals surface area contributed by atoms with Crippen LogP contribution in [0.15, 0.2) is 89.5 Å². The van der Waals surface area contributed by atoms with Crippen molar-refractivity contribution in [3.8, 4) is 0 Å². The van der Waals surface area contributed by atoms with E-state index in [-0.39, 0.29) is 12.1 Å². The summed E-state index contributed by atoms with van der Waals surface area (Å²) >= 11 is 0. The minimum atomic E-state index is -0.274. The Labute approximate surface area is 157 Å². The van der Waals surface area contributed by atoms with Gasteiger partial charge in [0.15, 0.2) is 0 Å². The number of carbonyl (C=O) groups is 1. The minimum Gasteiger partial charge on any atom is -0.467 e. The van der Waals surface area contributed by atoms with Crippen LogP contribution < -0.4 is 5.32 Å². The molecule has 4 nitrogen and oxygen atoms in total. The molecule has 0 saturated heterocycles. The quantitative estimate of drug-likeness (QED) is 0.550. The maximum Gasteiger partial charge on any atom is 0.258 e. The molecule has 1 aromatic heterocycles. The first-order chi connectivity index (χ1) is 13.3. The minimum absolute atomic E-state index is 0.00122. The van der Waals surface area contributed by atoms with Crippen molar-refractivity contribution in [2.24, 2.45) is 0 Å². The summed E-state index contributed by atoms with van der Waals surface area (Å²) in [5.74, 6) is 0.758. The van der Waals surface area contributed by atoms with Gasteiger partial charge in [0, 0.05) is 11.3 Å². The lowest BCUT2D eigenvalue weighted by molar-refractivity contribution is 0.0653. The molecule has 0 radical (unpaired) electrons. The molecule has 0 fully saturated rings. The summed E-state index contributed by atoms with van der Waals surface area (Å²) in [6.07, 6.45) is 1.36. The Balaban J connectivity index is 1.66. The Hall–Kier alpha value is -3.53. The van der Waals surface area contributed by atoms with Crippen LogP contribution in [0.2, 0.25) is 0 Å². The number of rotatable bonds is 3. The lowest BCUT2D eigenvalue weighted by atomic mass is 9.98. The number of carbonyl (C=O) groups excluding carboxylic acids is 1. The number of hydrogen-bond donors (Lipinski definition) is 1. The fourth-order valence-electron chi connectivity index (χ4n) is 3.76. The SMILES string of the molecule is O=C1c2ccccc2NC(c2cccc3ccccc23)N1Cc1ccco1. The van der Waals surface area contributed by atoms with E-state index in [4.69, 9.17) is 4.42 Å². The Bertz CT molecular complexity index is 1110. The number of nitrogens with zero attached hydrogens (tertiary/aromatic N) is 1. The summed E-state index contributed by atoms with van der Waals surface area (Å²) in [5.41, 5.74) is 2.61. The number of amides is 1. The smallest absolute Gasteiger partial charge is 0.258 e. The largest absolute Gasteiger partial charge is 0.467 e. The summed E-state index contributed by atoms with van der Waals surface area (Å²) in [5, 5.41) is 5.85. The molecule has 132 valence electrons. The number of para-hydroxylation sites is 1. The lowest BCUT2D eigenvalue weighted by Gasteiger charge is -2.38. The average molecular weight is 354 g/mol. The van der Waals surface area contributed by atoms with Crippen molar-refractivity contribution in [1.82, 2.24) is 4.90 Å². The van der Waals surface area contributed by atoms with E-state index in [0.717, 1.165) is 27.8 Å². The fourth-order valence-corrected chi connectivity index (χ4v) is 3.76. The number of benzene rings is 3. The molecule has 0 spiro atoms. The van der Waals surface area contributed by atoms with Crippen molar-refractivity contribution in [2.75, 3.05) is 5.32 Å². The van der Waals surface area contributed by atoms with Gasteiger partial charge in [-0.1, -0.05) is 54.6 Å². The van der Waals surface area contributed by atoms with Gasteiger partial charge in [0.2, 0.25) is 0 Å². The van der Waals surface area contributed by atoms with Crippen molar-refractivity contribution in [3.05, 3.63) is 102 Å². The fraction of sp³-hybridized carbons (Fsp3) is 0.0870. The second-order valence-corrected chi connectivity index (χ2v) is 6.67. The van der Waals surface area contributed by atoms with Gasteiger partial charge in [0.25, 0.3) is 5.91 Å². The number of hydrogen-bond acceptors (Lipinski definition) is 3. The zero-order valence-electron chi connectivity index (χ0n) is 14.6. The van der Waals surface area contributed by atoms with Gasteiger partial charge in [-0.25, -0.2) is 0 Å². The molecule has 1 unspecified atom stereocenters. The van der Waals surface area contributed by atoms with Crippen LogP contribution in [0.1, 0.15) is 27.8 Å². The first kappa shape index (κ1) is 15.7. The highest BCUT2D eigenvalue weighted by Gasteiger charge is 2.34. The summed E-state index contributed by atoms with van der Waals surface area (Å²) in [4.78, 5) is 15.1. The molecule has 0 bridgehead atoms. The number of nitrogens with one attached hydrogen (secondary N) is 1. The third-order valence-corrected chi connectivity index (χ3v) is 5.05. The number of fused-ring (bicyclic) bond motifs is 2.